The highest BCUT2D eigenvalue weighted by atomic mass is 16.5. The van der Waals surface area contributed by atoms with Gasteiger partial charge >= 0.3 is 0 Å². The maximum atomic E-state index is 12.7. The van der Waals surface area contributed by atoms with Crippen molar-refractivity contribution in [2.75, 3.05) is 33.3 Å². The van der Waals surface area contributed by atoms with Crippen LogP contribution in [-0.4, -0.2) is 59.9 Å². The normalized spacial score (nSPS) is 14.0. The van der Waals surface area contributed by atoms with Crippen LogP contribution in [0.4, 0.5) is 0 Å². The maximum Gasteiger partial charge on any atom is 0.255 e. The number of carbonyl (C=O) groups is 2. The third kappa shape index (κ3) is 3.40. The standard InChI is InChI=1S/C19H20N4O3/c1-13-3-4-14(10-17(13)26-2)18(24)22-5-7-23(8-6-22)19(25)15-9-16(11-20)21-12-15/h3-4,9-10,12,21H,5-8H2,1-2H3. The molecule has 1 aromatic carbocycles. The van der Waals surface area contributed by atoms with Crippen LogP contribution in [0.25, 0.3) is 0 Å². The Balaban J connectivity index is 1.63. The van der Waals surface area contributed by atoms with Crippen LogP contribution in [0.2, 0.25) is 0 Å². The number of ether oxygens (including phenoxy) is 1. The molecule has 0 aliphatic carbocycles. The molecule has 7 heteroatoms. The Bertz CT molecular complexity index is 873. The van der Waals surface area contributed by atoms with Gasteiger partial charge in [-0.25, -0.2) is 0 Å². The Morgan fingerprint density at radius 3 is 2.23 bits per heavy atom. The number of aryl methyl sites for hydroxylation is 1. The number of methoxy groups -OCH3 is 1. The van der Waals surface area contributed by atoms with Gasteiger partial charge in [0.05, 0.1) is 12.7 Å². The molecule has 0 radical (unpaired) electrons. The lowest BCUT2D eigenvalue weighted by molar-refractivity contribution is 0.0535. The van der Waals surface area contributed by atoms with Crippen molar-refractivity contribution in [3.8, 4) is 11.8 Å². The molecule has 1 aliphatic heterocycles. The number of hydrogen-bond donors (Lipinski definition) is 1. The highest BCUT2D eigenvalue weighted by Crippen LogP contribution is 2.20. The van der Waals surface area contributed by atoms with E-state index in [0.29, 0.717) is 48.7 Å². The number of carbonyl (C=O) groups excluding carboxylic acids is 2. The highest BCUT2D eigenvalue weighted by molar-refractivity contribution is 5.96. The first kappa shape index (κ1) is 17.5. The van der Waals surface area contributed by atoms with Crippen molar-refractivity contribution in [1.82, 2.24) is 14.8 Å². The zero-order valence-electron chi connectivity index (χ0n) is 14.8. The molecule has 0 unspecified atom stereocenters. The van der Waals surface area contributed by atoms with Gasteiger partial charge in [0.25, 0.3) is 11.8 Å². The molecule has 1 N–H and O–H groups in total. The number of H-pyrrole nitrogens is 1. The predicted octanol–water partition coefficient (Wildman–Crippen LogP) is 1.80. The molecule has 134 valence electrons. The minimum absolute atomic E-state index is 0.0659. The second kappa shape index (κ2) is 7.31. The van der Waals surface area contributed by atoms with E-state index >= 15 is 0 Å². The van der Waals surface area contributed by atoms with Crippen LogP contribution < -0.4 is 4.74 Å². The second-order valence-electron chi connectivity index (χ2n) is 6.18. The lowest BCUT2D eigenvalue weighted by Gasteiger charge is -2.34. The number of rotatable bonds is 3. The molecular formula is C19H20N4O3. The molecule has 0 spiro atoms. The Kier molecular flexibility index (Phi) is 4.94. The van der Waals surface area contributed by atoms with Gasteiger partial charge in [0.15, 0.2) is 0 Å². The van der Waals surface area contributed by atoms with E-state index in [0.717, 1.165) is 5.56 Å². The van der Waals surface area contributed by atoms with E-state index in [1.807, 2.05) is 19.1 Å². The first-order chi connectivity index (χ1) is 12.5. The summed E-state index contributed by atoms with van der Waals surface area (Å²) in [6.07, 6.45) is 1.54. The van der Waals surface area contributed by atoms with Crippen molar-refractivity contribution < 1.29 is 14.3 Å². The zero-order chi connectivity index (χ0) is 18.7. The first-order valence-corrected chi connectivity index (χ1v) is 8.35. The van der Waals surface area contributed by atoms with Crippen LogP contribution in [-0.2, 0) is 0 Å². The number of nitrogens with zero attached hydrogens (tertiary/aromatic N) is 3. The average Bonchev–Trinajstić information content (AvgIpc) is 3.16. The summed E-state index contributed by atoms with van der Waals surface area (Å²) in [5.41, 5.74) is 2.37. The van der Waals surface area contributed by atoms with E-state index < -0.39 is 0 Å². The smallest absolute Gasteiger partial charge is 0.255 e. The van der Waals surface area contributed by atoms with Crippen molar-refractivity contribution >= 4 is 11.8 Å². The molecule has 2 amide bonds. The Morgan fingerprint density at radius 1 is 1.08 bits per heavy atom. The summed E-state index contributed by atoms with van der Waals surface area (Å²) in [4.78, 5) is 31.4. The van der Waals surface area contributed by atoms with Gasteiger partial charge < -0.3 is 19.5 Å². The number of hydrogen-bond acceptors (Lipinski definition) is 4. The quantitative estimate of drug-likeness (QED) is 0.912. The molecule has 0 atom stereocenters. The van der Waals surface area contributed by atoms with E-state index in [9.17, 15) is 9.59 Å². The minimum Gasteiger partial charge on any atom is -0.496 e. The predicted molar refractivity (Wildman–Crippen MR) is 95.0 cm³/mol. The van der Waals surface area contributed by atoms with Gasteiger partial charge in [-0.1, -0.05) is 6.07 Å². The molecule has 1 aromatic heterocycles. The topological polar surface area (TPSA) is 89.4 Å². The maximum absolute atomic E-state index is 12.7. The summed E-state index contributed by atoms with van der Waals surface area (Å²) in [5, 5.41) is 8.84. The number of amides is 2. The summed E-state index contributed by atoms with van der Waals surface area (Å²) >= 11 is 0. The number of aromatic amines is 1. The number of aromatic nitrogens is 1. The van der Waals surface area contributed by atoms with Crippen molar-refractivity contribution in [3.63, 3.8) is 0 Å². The number of nitriles is 1. The van der Waals surface area contributed by atoms with Crippen LogP contribution >= 0.6 is 0 Å². The summed E-state index contributed by atoms with van der Waals surface area (Å²) in [5.74, 6) is 0.487. The van der Waals surface area contributed by atoms with Gasteiger partial charge in [0.2, 0.25) is 0 Å². The molecule has 26 heavy (non-hydrogen) atoms. The molecule has 0 saturated carbocycles. The van der Waals surface area contributed by atoms with Crippen LogP contribution in [0, 0.1) is 18.3 Å². The number of piperazine rings is 1. The summed E-state index contributed by atoms with van der Waals surface area (Å²) < 4.78 is 5.28. The molecule has 1 fully saturated rings. The van der Waals surface area contributed by atoms with Crippen molar-refractivity contribution in [2.45, 2.75) is 6.92 Å². The third-order valence-corrected chi connectivity index (χ3v) is 4.56. The van der Waals surface area contributed by atoms with E-state index in [-0.39, 0.29) is 11.8 Å². The van der Waals surface area contributed by atoms with Gasteiger partial charge in [-0.2, -0.15) is 5.26 Å². The average molecular weight is 352 g/mol. The fraction of sp³-hybridized carbons (Fsp3) is 0.316. The van der Waals surface area contributed by atoms with Gasteiger partial charge in [0, 0.05) is 37.9 Å². The van der Waals surface area contributed by atoms with Crippen molar-refractivity contribution in [2.24, 2.45) is 0 Å². The minimum atomic E-state index is -0.133. The zero-order valence-corrected chi connectivity index (χ0v) is 14.8. The highest BCUT2D eigenvalue weighted by Gasteiger charge is 2.26. The summed E-state index contributed by atoms with van der Waals surface area (Å²) in [7, 11) is 1.58. The molecule has 7 nitrogen and oxygen atoms in total. The molecule has 1 aliphatic rings. The van der Waals surface area contributed by atoms with E-state index in [1.54, 1.807) is 35.1 Å². The van der Waals surface area contributed by atoms with Gasteiger partial charge in [-0.15, -0.1) is 0 Å². The molecular weight excluding hydrogens is 332 g/mol. The van der Waals surface area contributed by atoms with E-state index in [4.69, 9.17) is 10.00 Å². The molecule has 2 aromatic rings. The SMILES string of the molecule is COc1cc(C(=O)N2CCN(C(=O)c3c[nH]c(C#N)c3)CC2)ccc1C. The summed E-state index contributed by atoms with van der Waals surface area (Å²) in [6, 6.07) is 8.92. The van der Waals surface area contributed by atoms with Gasteiger partial charge in [-0.05, 0) is 30.7 Å². The van der Waals surface area contributed by atoms with Crippen LogP contribution in [0.15, 0.2) is 30.5 Å². The van der Waals surface area contributed by atoms with Gasteiger partial charge in [-0.3, -0.25) is 9.59 Å². The van der Waals surface area contributed by atoms with E-state index in [1.165, 1.54) is 6.20 Å². The number of benzene rings is 1. The number of nitrogens with one attached hydrogen (secondary N) is 1. The van der Waals surface area contributed by atoms with Crippen LogP contribution in [0.3, 0.4) is 0 Å². The lowest BCUT2D eigenvalue weighted by Crippen LogP contribution is -2.50. The van der Waals surface area contributed by atoms with Crippen LogP contribution in [0.5, 0.6) is 5.75 Å². The fourth-order valence-corrected chi connectivity index (χ4v) is 3.01. The monoisotopic (exact) mass is 352 g/mol. The van der Waals surface area contributed by atoms with Gasteiger partial charge in [0.1, 0.15) is 17.5 Å². The molecule has 0 bridgehead atoms. The largest absolute Gasteiger partial charge is 0.496 e. The van der Waals surface area contributed by atoms with E-state index in [2.05, 4.69) is 4.98 Å². The first-order valence-electron chi connectivity index (χ1n) is 8.35. The van der Waals surface area contributed by atoms with Crippen LogP contribution in [0.1, 0.15) is 32.0 Å². The summed E-state index contributed by atoms with van der Waals surface area (Å²) in [6.45, 7) is 3.78. The van der Waals surface area contributed by atoms with Crippen molar-refractivity contribution in [1.29, 1.82) is 5.26 Å². The third-order valence-electron chi connectivity index (χ3n) is 4.56. The molecule has 3 rings (SSSR count). The Labute approximate surface area is 151 Å². The molecule has 2 heterocycles. The van der Waals surface area contributed by atoms with Crippen molar-refractivity contribution in [3.05, 3.63) is 52.8 Å². The molecule has 1 saturated heterocycles. The Morgan fingerprint density at radius 2 is 1.69 bits per heavy atom. The Hall–Kier alpha value is -3.27. The second-order valence-corrected chi connectivity index (χ2v) is 6.18. The lowest BCUT2D eigenvalue weighted by atomic mass is 10.1. The fourth-order valence-electron chi connectivity index (χ4n) is 3.01.